The first-order chi connectivity index (χ1) is 41.2. The van der Waals surface area contributed by atoms with E-state index in [1.165, 1.54) is 114 Å². The smallest absolute Gasteiger partial charge is 0.0618 e. The Kier molecular flexibility index (Phi) is 10.6. The van der Waals surface area contributed by atoms with Gasteiger partial charge in [-0.05, 0) is 157 Å². The molecule has 0 aliphatic carbocycles. The molecule has 0 atom stereocenters. The predicted molar refractivity (Wildman–Crippen MR) is 354 cm³/mol. The molecule has 83 heavy (non-hydrogen) atoms. The molecule has 386 valence electrons. The fourth-order valence-corrected chi connectivity index (χ4v) is 13.7. The number of fused-ring (bicyclic) bond motifs is 11. The molecule has 0 bridgehead atoms. The van der Waals surface area contributed by atoms with Crippen LogP contribution in [0.5, 0.6) is 0 Å². The van der Waals surface area contributed by atoms with E-state index in [0.717, 1.165) is 44.9 Å². The highest BCUT2D eigenvalue weighted by molar-refractivity contribution is 6.23. The van der Waals surface area contributed by atoms with Gasteiger partial charge in [0.2, 0.25) is 0 Å². The summed E-state index contributed by atoms with van der Waals surface area (Å²) < 4.78 is 4.91. The zero-order valence-corrected chi connectivity index (χ0v) is 45.3. The van der Waals surface area contributed by atoms with Gasteiger partial charge in [-0.1, -0.05) is 218 Å². The van der Waals surface area contributed by atoms with Crippen LogP contribution in [-0.4, -0.2) is 9.13 Å². The summed E-state index contributed by atoms with van der Waals surface area (Å²) in [6, 6.07) is 115. The third-order valence-corrected chi connectivity index (χ3v) is 17.4. The average molecular weight is 1050 g/mol. The number of hydrogen-bond acceptors (Lipinski definition) is 1. The molecule has 0 saturated carbocycles. The summed E-state index contributed by atoms with van der Waals surface area (Å²) in [5, 5.41) is 16.9. The monoisotopic (exact) mass is 1050 g/mol. The molecule has 0 N–H and O–H groups in total. The number of anilines is 3. The van der Waals surface area contributed by atoms with Crippen LogP contribution in [0.1, 0.15) is 0 Å². The molecule has 0 radical (unpaired) electrons. The molecule has 15 aromatic carbocycles. The summed E-state index contributed by atoms with van der Waals surface area (Å²) in [7, 11) is 0. The molecular formula is C80H51N3. The van der Waals surface area contributed by atoms with E-state index >= 15 is 0 Å². The number of rotatable bonds is 8. The number of nitrogens with zero attached hydrogens (tertiary/aromatic N) is 3. The maximum Gasteiger partial charge on any atom is 0.0618 e. The van der Waals surface area contributed by atoms with E-state index in [0.29, 0.717) is 0 Å². The molecule has 0 amide bonds. The molecule has 17 aromatic rings. The van der Waals surface area contributed by atoms with Gasteiger partial charge < -0.3 is 14.0 Å². The van der Waals surface area contributed by atoms with E-state index in [9.17, 15) is 0 Å². The number of para-hydroxylation sites is 3. The first kappa shape index (κ1) is 46.9. The maximum absolute atomic E-state index is 2.47. The van der Waals surface area contributed by atoms with Crippen LogP contribution in [0.3, 0.4) is 0 Å². The largest absolute Gasteiger partial charge is 0.309 e. The van der Waals surface area contributed by atoms with Crippen molar-refractivity contribution in [3.05, 3.63) is 309 Å². The van der Waals surface area contributed by atoms with Crippen molar-refractivity contribution in [3.8, 4) is 44.8 Å². The van der Waals surface area contributed by atoms with Crippen molar-refractivity contribution in [2.45, 2.75) is 0 Å². The van der Waals surface area contributed by atoms with E-state index in [1.54, 1.807) is 0 Å². The average Bonchev–Trinajstić information content (AvgIpc) is 2.57. The first-order valence-electron chi connectivity index (χ1n) is 28.6. The summed E-state index contributed by atoms with van der Waals surface area (Å²) in [4.78, 5) is 2.47. The highest BCUT2D eigenvalue weighted by Crippen LogP contribution is 2.50. The predicted octanol–water partition coefficient (Wildman–Crippen LogP) is 22.1. The molecule has 0 aliphatic heterocycles. The zero-order chi connectivity index (χ0) is 54.5. The maximum atomic E-state index is 2.47. The molecule has 0 aliphatic rings. The highest BCUT2D eigenvalue weighted by Gasteiger charge is 2.24. The third-order valence-electron chi connectivity index (χ3n) is 17.4. The molecule has 17 rings (SSSR count). The summed E-state index contributed by atoms with van der Waals surface area (Å²) in [5.74, 6) is 0. The minimum Gasteiger partial charge on any atom is -0.309 e. The Morgan fingerprint density at radius 3 is 1.16 bits per heavy atom. The van der Waals surface area contributed by atoms with Gasteiger partial charge in [0.25, 0.3) is 0 Å². The van der Waals surface area contributed by atoms with Crippen LogP contribution < -0.4 is 4.90 Å². The van der Waals surface area contributed by atoms with E-state index in [4.69, 9.17) is 0 Å². The first-order valence-corrected chi connectivity index (χ1v) is 28.6. The van der Waals surface area contributed by atoms with Crippen LogP contribution >= 0.6 is 0 Å². The lowest BCUT2D eigenvalue weighted by Crippen LogP contribution is -2.11. The van der Waals surface area contributed by atoms with Crippen LogP contribution in [0.4, 0.5) is 17.1 Å². The van der Waals surface area contributed by atoms with Gasteiger partial charge in [0.1, 0.15) is 0 Å². The molecule has 2 heterocycles. The van der Waals surface area contributed by atoms with Gasteiger partial charge >= 0.3 is 0 Å². The van der Waals surface area contributed by atoms with Gasteiger partial charge in [-0.2, -0.15) is 0 Å². The van der Waals surface area contributed by atoms with Crippen molar-refractivity contribution >= 4 is 115 Å². The fourth-order valence-electron chi connectivity index (χ4n) is 13.7. The Morgan fingerprint density at radius 2 is 0.614 bits per heavy atom. The molecule has 3 nitrogen and oxygen atoms in total. The second-order valence-corrected chi connectivity index (χ2v) is 22.0. The Labute approximate surface area is 480 Å². The summed E-state index contributed by atoms with van der Waals surface area (Å²) in [6.07, 6.45) is 0. The minimum absolute atomic E-state index is 1.10. The molecule has 0 fully saturated rings. The number of hydrogen-bond donors (Lipinski definition) is 0. The van der Waals surface area contributed by atoms with Gasteiger partial charge in [-0.25, -0.2) is 0 Å². The number of aromatic nitrogens is 2. The molecule has 2 aromatic heterocycles. The van der Waals surface area contributed by atoms with Crippen LogP contribution in [0.15, 0.2) is 309 Å². The van der Waals surface area contributed by atoms with Crippen LogP contribution in [0.2, 0.25) is 0 Å². The normalized spacial score (nSPS) is 11.9. The zero-order valence-electron chi connectivity index (χ0n) is 45.3. The van der Waals surface area contributed by atoms with Crippen molar-refractivity contribution in [3.63, 3.8) is 0 Å². The lowest BCUT2D eigenvalue weighted by atomic mass is 9.86. The second kappa shape index (κ2) is 18.8. The van der Waals surface area contributed by atoms with E-state index in [2.05, 4.69) is 323 Å². The van der Waals surface area contributed by atoms with Crippen molar-refractivity contribution in [2.75, 3.05) is 4.90 Å². The van der Waals surface area contributed by atoms with E-state index in [1.807, 2.05) is 0 Å². The van der Waals surface area contributed by atoms with Crippen LogP contribution in [0.25, 0.3) is 142 Å². The Morgan fingerprint density at radius 1 is 0.205 bits per heavy atom. The van der Waals surface area contributed by atoms with Gasteiger partial charge in [0.05, 0.1) is 39.1 Å². The Hall–Kier alpha value is -11.0. The summed E-state index contributed by atoms with van der Waals surface area (Å²) in [6.45, 7) is 0. The van der Waals surface area contributed by atoms with Crippen molar-refractivity contribution in [1.82, 2.24) is 9.13 Å². The fraction of sp³-hybridized carbons (Fsp3) is 0. The molecule has 0 saturated heterocycles. The highest BCUT2D eigenvalue weighted by atomic mass is 15.1. The van der Waals surface area contributed by atoms with Gasteiger partial charge in [0, 0.05) is 54.5 Å². The Balaban J connectivity index is 0.928. The van der Waals surface area contributed by atoms with Crippen molar-refractivity contribution in [2.24, 2.45) is 0 Å². The lowest BCUT2D eigenvalue weighted by molar-refractivity contribution is 1.20. The Bertz CT molecular complexity index is 5190. The van der Waals surface area contributed by atoms with Crippen molar-refractivity contribution in [1.29, 1.82) is 0 Å². The number of benzene rings is 15. The van der Waals surface area contributed by atoms with Crippen LogP contribution in [0, 0.1) is 0 Å². The van der Waals surface area contributed by atoms with Crippen molar-refractivity contribution < 1.29 is 0 Å². The standard InChI is InChI=1S/C80H51N3/c1-2-26-61(27-3-1)81(62-43-40-52-20-4-5-23-55(52)49-62)80-69-34-12-10-32-67(69)79(68-33-11-13-35-70(68)80)60-47-58(56-41-44-77-71(50-56)65-30-14-16-36-75(65)82(77)73-38-18-24-53-21-6-8-28-63(53)73)46-59(48-60)57-42-45-78-72(51-57)66-31-15-17-37-76(66)83(78)74-39-19-25-54-22-7-9-29-64(54)74/h1-51H. The quantitative estimate of drug-likeness (QED) is 0.138. The molecule has 0 spiro atoms. The van der Waals surface area contributed by atoms with E-state index in [-0.39, 0.29) is 0 Å². The second-order valence-electron chi connectivity index (χ2n) is 22.0. The van der Waals surface area contributed by atoms with Gasteiger partial charge in [-0.15, -0.1) is 0 Å². The molecule has 0 unspecified atom stereocenters. The van der Waals surface area contributed by atoms with Gasteiger partial charge in [-0.3, -0.25) is 0 Å². The minimum atomic E-state index is 1.10. The molecular weight excluding hydrogens is 1000 g/mol. The summed E-state index contributed by atoms with van der Waals surface area (Å²) >= 11 is 0. The summed E-state index contributed by atoms with van der Waals surface area (Å²) in [5.41, 5.74) is 17.4. The topological polar surface area (TPSA) is 13.1 Å². The van der Waals surface area contributed by atoms with Gasteiger partial charge in [0.15, 0.2) is 0 Å². The van der Waals surface area contributed by atoms with E-state index < -0.39 is 0 Å². The SMILES string of the molecule is c1ccc(N(c2ccc3ccccc3c2)c2c3ccccc3c(-c3cc(-c4ccc5c(c4)c4ccccc4n5-c4cccc5ccccc45)cc(-c4ccc5c(c4)c4ccccc4n5-c4cccc5ccccc45)c3)c3ccccc23)cc1. The third kappa shape index (κ3) is 7.45. The van der Waals surface area contributed by atoms with Crippen LogP contribution in [-0.2, 0) is 0 Å². The molecule has 3 heteroatoms. The lowest BCUT2D eigenvalue weighted by Gasteiger charge is -2.30.